The molecule has 1 saturated heterocycles. The van der Waals surface area contributed by atoms with Crippen LogP contribution in [0.3, 0.4) is 0 Å². The van der Waals surface area contributed by atoms with Gasteiger partial charge >= 0.3 is 0 Å². The van der Waals surface area contributed by atoms with Crippen LogP contribution in [0.4, 0.5) is 4.39 Å². The Morgan fingerprint density at radius 2 is 1.91 bits per heavy atom. The van der Waals surface area contributed by atoms with Gasteiger partial charge in [-0.1, -0.05) is 23.7 Å². The molecule has 0 unspecified atom stereocenters. The van der Waals surface area contributed by atoms with Crippen molar-refractivity contribution < 1.29 is 22.4 Å². The fraction of sp³-hybridized carbons (Fsp3) is 0.348. The van der Waals surface area contributed by atoms with Gasteiger partial charge in [0, 0.05) is 30.9 Å². The zero-order valence-corrected chi connectivity index (χ0v) is 20.5. The van der Waals surface area contributed by atoms with Gasteiger partial charge in [0.15, 0.2) is 0 Å². The van der Waals surface area contributed by atoms with Gasteiger partial charge < -0.3 is 15.2 Å². The van der Waals surface area contributed by atoms with Gasteiger partial charge in [-0.05, 0) is 42.7 Å². The average molecular weight is 522 g/mol. The molecule has 1 aromatic carbocycles. The Morgan fingerprint density at radius 3 is 2.57 bits per heavy atom. The minimum atomic E-state index is -3.34. The average Bonchev–Trinajstić information content (AvgIpc) is 3.22. The normalized spacial score (nSPS) is 15.8. The summed E-state index contributed by atoms with van der Waals surface area (Å²) in [6.45, 7) is 0.691. The van der Waals surface area contributed by atoms with E-state index in [2.05, 4.69) is 20.0 Å². The van der Waals surface area contributed by atoms with Crippen molar-refractivity contribution >= 4 is 44.3 Å². The first-order valence-electron chi connectivity index (χ1n) is 11.0. The van der Waals surface area contributed by atoms with Crippen molar-refractivity contribution in [2.24, 2.45) is 0 Å². The minimum Gasteiger partial charge on any atom is -0.349 e. The zero-order valence-electron chi connectivity index (χ0n) is 18.9. The maximum atomic E-state index is 13.4. The quantitative estimate of drug-likeness (QED) is 0.411. The van der Waals surface area contributed by atoms with E-state index in [1.165, 1.54) is 18.3 Å². The molecule has 12 heteroatoms. The van der Waals surface area contributed by atoms with Crippen LogP contribution >= 0.6 is 11.6 Å². The number of aromatic amines is 1. The van der Waals surface area contributed by atoms with Gasteiger partial charge in [-0.25, -0.2) is 22.5 Å². The third-order valence-electron chi connectivity index (χ3n) is 5.86. The monoisotopic (exact) mass is 521 g/mol. The number of hydrogen-bond donors (Lipinski definition) is 3. The topological polar surface area (TPSA) is 124 Å². The smallest absolute Gasteiger partial charge is 0.268 e. The Morgan fingerprint density at radius 1 is 1.23 bits per heavy atom. The summed E-state index contributed by atoms with van der Waals surface area (Å²) in [6.07, 6.45) is 3.72. The number of pyridine rings is 1. The summed E-state index contributed by atoms with van der Waals surface area (Å²) < 4.78 is 39.0. The largest absolute Gasteiger partial charge is 0.349 e. The lowest BCUT2D eigenvalue weighted by molar-refractivity contribution is -0.134. The molecular weight excluding hydrogens is 497 g/mol. The molecule has 2 aromatic heterocycles. The maximum absolute atomic E-state index is 13.4. The molecule has 0 spiro atoms. The van der Waals surface area contributed by atoms with Crippen molar-refractivity contribution in [3.8, 4) is 0 Å². The first-order chi connectivity index (χ1) is 16.6. The number of nitrogens with one attached hydrogen (secondary N) is 3. The van der Waals surface area contributed by atoms with Crippen molar-refractivity contribution in [2.75, 3.05) is 19.3 Å². The molecule has 0 radical (unpaired) electrons. The lowest BCUT2D eigenvalue weighted by Crippen LogP contribution is -2.53. The van der Waals surface area contributed by atoms with Gasteiger partial charge in [-0.2, -0.15) is 0 Å². The lowest BCUT2D eigenvalue weighted by Gasteiger charge is -2.34. The Kier molecular flexibility index (Phi) is 7.39. The number of piperidine rings is 1. The molecule has 4 rings (SSSR count). The number of aromatic nitrogens is 2. The summed E-state index contributed by atoms with van der Waals surface area (Å²) in [5.74, 6) is -1.17. The molecule has 1 aliphatic rings. The highest BCUT2D eigenvalue weighted by atomic mass is 35.5. The third-order valence-corrected chi connectivity index (χ3v) is 6.83. The summed E-state index contributed by atoms with van der Waals surface area (Å²) in [5.41, 5.74) is 1.56. The fourth-order valence-corrected chi connectivity index (χ4v) is 5.17. The van der Waals surface area contributed by atoms with E-state index in [1.807, 2.05) is 0 Å². The first kappa shape index (κ1) is 25.1. The molecule has 3 aromatic rings. The molecular formula is C23H25ClFN5O4S. The van der Waals surface area contributed by atoms with Crippen molar-refractivity contribution in [1.29, 1.82) is 0 Å². The maximum Gasteiger partial charge on any atom is 0.268 e. The van der Waals surface area contributed by atoms with E-state index in [-0.39, 0.29) is 24.1 Å². The van der Waals surface area contributed by atoms with Gasteiger partial charge in [0.1, 0.15) is 22.7 Å². The molecule has 35 heavy (non-hydrogen) atoms. The number of amides is 2. The van der Waals surface area contributed by atoms with Crippen LogP contribution in [0, 0.1) is 5.82 Å². The summed E-state index contributed by atoms with van der Waals surface area (Å²) in [6, 6.07) is 7.85. The van der Waals surface area contributed by atoms with E-state index < -0.39 is 27.8 Å². The number of hydrogen-bond acceptors (Lipinski definition) is 5. The molecule has 0 bridgehead atoms. The van der Waals surface area contributed by atoms with Gasteiger partial charge in [-0.15, -0.1) is 0 Å². The number of carbonyl (C=O) groups is 2. The second kappa shape index (κ2) is 10.3. The predicted octanol–water partition coefficient (Wildman–Crippen LogP) is 2.24. The van der Waals surface area contributed by atoms with E-state index in [1.54, 1.807) is 29.2 Å². The summed E-state index contributed by atoms with van der Waals surface area (Å²) >= 11 is 5.93. The van der Waals surface area contributed by atoms with Gasteiger partial charge in [0.05, 0.1) is 18.0 Å². The molecule has 0 saturated carbocycles. The number of likely N-dealkylation sites (tertiary alicyclic amines) is 1. The Labute approximate surface area is 207 Å². The zero-order chi connectivity index (χ0) is 25.2. The number of H-pyrrole nitrogens is 1. The minimum absolute atomic E-state index is 0.167. The van der Waals surface area contributed by atoms with Crippen molar-refractivity contribution in [2.45, 2.75) is 31.3 Å². The molecule has 1 aliphatic heterocycles. The second-order valence-corrected chi connectivity index (χ2v) is 10.8. The van der Waals surface area contributed by atoms with E-state index in [4.69, 9.17) is 11.6 Å². The fourth-order valence-electron chi connectivity index (χ4n) is 4.16. The second-order valence-electron chi connectivity index (χ2n) is 8.62. The van der Waals surface area contributed by atoms with Crippen LogP contribution in [0.5, 0.6) is 0 Å². The number of rotatable bonds is 7. The molecule has 2 amide bonds. The van der Waals surface area contributed by atoms with Crippen LogP contribution < -0.4 is 10.0 Å². The Hall–Kier alpha value is -3.02. The van der Waals surface area contributed by atoms with Gasteiger partial charge in [0.2, 0.25) is 15.9 Å². The molecule has 186 valence electrons. The van der Waals surface area contributed by atoms with Crippen LogP contribution in [-0.2, 0) is 21.2 Å². The summed E-state index contributed by atoms with van der Waals surface area (Å²) in [4.78, 5) is 35.0. The molecule has 1 atom stereocenters. The Balaban J connectivity index is 1.50. The van der Waals surface area contributed by atoms with Gasteiger partial charge in [-0.3, -0.25) is 9.59 Å². The van der Waals surface area contributed by atoms with E-state index >= 15 is 0 Å². The highest BCUT2D eigenvalue weighted by Gasteiger charge is 2.31. The molecule has 9 nitrogen and oxygen atoms in total. The molecule has 1 fully saturated rings. The molecule has 3 N–H and O–H groups in total. The number of nitrogens with zero attached hydrogens (tertiary/aromatic N) is 2. The lowest BCUT2D eigenvalue weighted by atomic mass is 10.0. The predicted molar refractivity (Wildman–Crippen MR) is 130 cm³/mol. The standard InChI is InChI=1S/C23H25ClFN5O4S/c1-35(33,34)29-17-6-8-30(9-7-17)23(32)19(10-14-2-4-16(25)5-3-14)28-22(31)18-11-15-12-21(24)26-13-20(15)27-18/h2-5,11-13,17,19,27,29H,6-10H2,1H3,(H,28,31)/t19-/m0/s1. The molecule has 0 aliphatic carbocycles. The van der Waals surface area contributed by atoms with Crippen LogP contribution in [0.15, 0.2) is 42.6 Å². The van der Waals surface area contributed by atoms with E-state index in [0.717, 1.165) is 6.26 Å². The first-order valence-corrected chi connectivity index (χ1v) is 13.3. The number of halogens is 2. The highest BCUT2D eigenvalue weighted by molar-refractivity contribution is 7.88. The van der Waals surface area contributed by atoms with Crippen molar-refractivity contribution in [1.82, 2.24) is 24.9 Å². The summed E-state index contributed by atoms with van der Waals surface area (Å²) in [7, 11) is -3.34. The van der Waals surface area contributed by atoms with Crippen LogP contribution in [0.1, 0.15) is 28.9 Å². The van der Waals surface area contributed by atoms with Crippen LogP contribution in [0.25, 0.3) is 10.9 Å². The Bertz CT molecular complexity index is 1340. The number of benzene rings is 1. The van der Waals surface area contributed by atoms with Crippen LogP contribution in [0.2, 0.25) is 5.15 Å². The molecule has 3 heterocycles. The van der Waals surface area contributed by atoms with E-state index in [9.17, 15) is 22.4 Å². The van der Waals surface area contributed by atoms with E-state index in [0.29, 0.717) is 47.6 Å². The number of fused-ring (bicyclic) bond motifs is 1. The summed E-state index contributed by atoms with van der Waals surface area (Å²) in [5, 5.41) is 3.80. The highest BCUT2D eigenvalue weighted by Crippen LogP contribution is 2.19. The SMILES string of the molecule is CS(=O)(=O)NC1CCN(C(=O)[C@H](Cc2ccc(F)cc2)NC(=O)c2cc3cc(Cl)ncc3[nH]2)CC1. The third kappa shape index (κ3) is 6.56. The van der Waals surface area contributed by atoms with Crippen molar-refractivity contribution in [3.63, 3.8) is 0 Å². The van der Waals surface area contributed by atoms with Crippen LogP contribution in [-0.4, -0.2) is 66.5 Å². The number of sulfonamides is 1. The van der Waals surface area contributed by atoms with Gasteiger partial charge in [0.25, 0.3) is 5.91 Å². The van der Waals surface area contributed by atoms with Crippen molar-refractivity contribution in [3.05, 3.63) is 64.8 Å². The number of carbonyl (C=O) groups excluding carboxylic acids is 2.